The second-order valence-corrected chi connectivity index (χ2v) is 25.6. The quantitative estimate of drug-likeness (QED) is 0.0243. The third kappa shape index (κ3) is 66.3. The zero-order valence-corrected chi connectivity index (χ0v) is 55.5. The second kappa shape index (κ2) is 63.4. The second-order valence-electron chi connectivity index (χ2n) is 24.2. The van der Waals surface area contributed by atoms with Crippen LogP contribution in [-0.4, -0.2) is 73.4 Å². The van der Waals surface area contributed by atoms with Crippen LogP contribution in [-0.2, 0) is 18.4 Å². The number of carbonyl (C=O) groups excluding carboxylic acids is 1. The van der Waals surface area contributed by atoms with Gasteiger partial charge < -0.3 is 19.8 Å². The van der Waals surface area contributed by atoms with E-state index >= 15 is 0 Å². The van der Waals surface area contributed by atoms with Gasteiger partial charge in [-0.05, 0) is 89.9 Å². The predicted octanol–water partition coefficient (Wildman–Crippen LogP) is 22.0. The fourth-order valence-electron chi connectivity index (χ4n) is 9.67. The summed E-state index contributed by atoms with van der Waals surface area (Å²) in [7, 11) is 1.61. The van der Waals surface area contributed by atoms with E-state index < -0.39 is 20.0 Å². The lowest BCUT2D eigenvalue weighted by Crippen LogP contribution is -2.46. The highest BCUT2D eigenvalue weighted by atomic mass is 31.2. The number of phosphoric acid groups is 1. The number of unbranched alkanes of at least 4 members (excludes halogenated alkanes) is 29. The van der Waals surface area contributed by atoms with Gasteiger partial charge in [0, 0.05) is 6.42 Å². The van der Waals surface area contributed by atoms with Crippen LogP contribution in [0.1, 0.15) is 290 Å². The summed E-state index contributed by atoms with van der Waals surface area (Å²) in [5.41, 5.74) is 0. The third-order valence-electron chi connectivity index (χ3n) is 15.0. The minimum absolute atomic E-state index is 0.0694. The summed E-state index contributed by atoms with van der Waals surface area (Å²) in [6.45, 7) is 4.79. The summed E-state index contributed by atoms with van der Waals surface area (Å²) in [4.78, 5) is 23.4. The number of hydrogen-bond acceptors (Lipinski definition) is 5. The number of hydrogen-bond donors (Lipinski definition) is 3. The zero-order chi connectivity index (χ0) is 60.5. The minimum atomic E-state index is -4.34. The Bertz CT molecular complexity index is 1770. The molecule has 1 amide bonds. The molecule has 0 spiro atoms. The first kappa shape index (κ1) is 79.9. The highest BCUT2D eigenvalue weighted by molar-refractivity contribution is 7.47. The van der Waals surface area contributed by atoms with Gasteiger partial charge in [0.15, 0.2) is 0 Å². The number of rotatable bonds is 62. The fraction of sp³-hybridized carbons (Fsp3) is 0.716. The van der Waals surface area contributed by atoms with Crippen LogP contribution in [0.5, 0.6) is 0 Å². The van der Waals surface area contributed by atoms with Crippen molar-refractivity contribution in [1.29, 1.82) is 0 Å². The van der Waals surface area contributed by atoms with Crippen molar-refractivity contribution in [3.63, 3.8) is 0 Å². The first-order chi connectivity index (χ1) is 40.5. The molecule has 0 bridgehead atoms. The molecule has 3 unspecified atom stereocenters. The number of amides is 1. The summed E-state index contributed by atoms with van der Waals surface area (Å²) in [5.74, 6) is -0.151. The van der Waals surface area contributed by atoms with Crippen molar-refractivity contribution in [2.24, 2.45) is 0 Å². The molecular formula is C74H132N2O6P+. The van der Waals surface area contributed by atoms with E-state index in [0.717, 1.165) is 109 Å². The molecule has 0 saturated carbocycles. The monoisotopic (exact) mass is 1180 g/mol. The third-order valence-corrected chi connectivity index (χ3v) is 16.0. The van der Waals surface area contributed by atoms with E-state index in [1.807, 2.05) is 21.1 Å². The molecule has 0 aliphatic rings. The molecule has 0 aromatic heterocycles. The van der Waals surface area contributed by atoms with Crippen molar-refractivity contribution in [3.05, 3.63) is 122 Å². The number of nitrogens with zero attached hydrogens (tertiary/aromatic N) is 1. The highest BCUT2D eigenvalue weighted by Gasteiger charge is 2.28. The molecule has 8 nitrogen and oxygen atoms in total. The Balaban J connectivity index is 4.08. The van der Waals surface area contributed by atoms with Crippen LogP contribution >= 0.6 is 7.82 Å². The number of phosphoric ester groups is 1. The highest BCUT2D eigenvalue weighted by Crippen LogP contribution is 2.43. The predicted molar refractivity (Wildman–Crippen MR) is 364 cm³/mol. The number of quaternary nitrogens is 1. The van der Waals surface area contributed by atoms with Crippen molar-refractivity contribution in [1.82, 2.24) is 5.32 Å². The fourth-order valence-corrected chi connectivity index (χ4v) is 10.4. The molecule has 0 heterocycles. The van der Waals surface area contributed by atoms with E-state index in [1.54, 1.807) is 0 Å². The molecule has 83 heavy (non-hydrogen) atoms. The van der Waals surface area contributed by atoms with Gasteiger partial charge in [-0.25, -0.2) is 4.57 Å². The molecule has 0 aliphatic carbocycles. The van der Waals surface area contributed by atoms with E-state index in [4.69, 9.17) is 9.05 Å². The smallest absolute Gasteiger partial charge is 0.391 e. The molecule has 3 N–H and O–H groups in total. The van der Waals surface area contributed by atoms with Gasteiger partial charge in [-0.1, -0.05) is 315 Å². The number of nitrogens with one attached hydrogen (secondary N) is 1. The van der Waals surface area contributed by atoms with Crippen LogP contribution in [0.3, 0.4) is 0 Å². The van der Waals surface area contributed by atoms with E-state index in [-0.39, 0.29) is 19.1 Å². The van der Waals surface area contributed by atoms with Gasteiger partial charge in [0.05, 0.1) is 39.9 Å². The molecule has 0 aromatic rings. The number of carbonyl (C=O) groups is 1. The van der Waals surface area contributed by atoms with Crippen molar-refractivity contribution in [2.45, 2.75) is 302 Å². The van der Waals surface area contributed by atoms with Crippen LogP contribution < -0.4 is 5.32 Å². The largest absolute Gasteiger partial charge is 0.472 e. The molecule has 0 aliphatic heterocycles. The van der Waals surface area contributed by atoms with Crippen molar-refractivity contribution < 1.29 is 32.9 Å². The van der Waals surface area contributed by atoms with Gasteiger partial charge in [-0.2, -0.15) is 0 Å². The van der Waals surface area contributed by atoms with Gasteiger partial charge in [0.1, 0.15) is 13.2 Å². The van der Waals surface area contributed by atoms with E-state index in [0.29, 0.717) is 23.9 Å². The molecular weight excluding hydrogens is 1040 g/mol. The molecule has 0 fully saturated rings. The lowest BCUT2D eigenvalue weighted by molar-refractivity contribution is -0.870. The van der Waals surface area contributed by atoms with E-state index in [9.17, 15) is 19.4 Å². The molecule has 0 radical (unpaired) electrons. The van der Waals surface area contributed by atoms with Crippen LogP contribution in [0.4, 0.5) is 0 Å². The van der Waals surface area contributed by atoms with E-state index in [2.05, 4.69) is 141 Å². The van der Waals surface area contributed by atoms with Gasteiger partial charge >= 0.3 is 7.82 Å². The average molecular weight is 1180 g/mol. The Labute approximate surface area is 514 Å². The summed E-state index contributed by atoms with van der Waals surface area (Å²) in [6, 6.07) is -0.771. The lowest BCUT2D eigenvalue weighted by atomic mass is 10.0. The zero-order valence-electron chi connectivity index (χ0n) is 54.7. The average Bonchev–Trinajstić information content (AvgIpc) is 3.49. The topological polar surface area (TPSA) is 105 Å². The first-order valence-electron chi connectivity index (χ1n) is 34.4. The lowest BCUT2D eigenvalue weighted by Gasteiger charge is -2.26. The normalized spacial score (nSPS) is 14.4. The van der Waals surface area contributed by atoms with Gasteiger partial charge in [-0.3, -0.25) is 13.8 Å². The maximum Gasteiger partial charge on any atom is 0.472 e. The van der Waals surface area contributed by atoms with Crippen LogP contribution in [0.2, 0.25) is 0 Å². The van der Waals surface area contributed by atoms with Crippen molar-refractivity contribution >= 4 is 13.7 Å². The Morgan fingerprint density at radius 1 is 0.422 bits per heavy atom. The number of aliphatic hydroxyl groups excluding tert-OH is 1. The number of likely N-dealkylation sites (N-methyl/N-ethyl adjacent to an activating group) is 1. The van der Waals surface area contributed by atoms with Crippen molar-refractivity contribution in [3.8, 4) is 0 Å². The first-order valence-corrected chi connectivity index (χ1v) is 35.9. The maximum absolute atomic E-state index is 13.1. The van der Waals surface area contributed by atoms with E-state index in [1.165, 1.54) is 154 Å². The summed E-state index contributed by atoms with van der Waals surface area (Å²) in [6.07, 6.45) is 94.3. The molecule has 0 rings (SSSR count). The molecule has 9 heteroatoms. The Morgan fingerprint density at radius 2 is 0.723 bits per heavy atom. The number of aliphatic hydroxyl groups is 1. The van der Waals surface area contributed by atoms with Crippen LogP contribution in [0.25, 0.3) is 0 Å². The minimum Gasteiger partial charge on any atom is -0.391 e. The summed E-state index contributed by atoms with van der Waals surface area (Å²) in [5, 5.41) is 14.1. The van der Waals surface area contributed by atoms with Crippen molar-refractivity contribution in [2.75, 3.05) is 40.9 Å². The summed E-state index contributed by atoms with van der Waals surface area (Å²) >= 11 is 0. The van der Waals surface area contributed by atoms with Gasteiger partial charge in [0.25, 0.3) is 0 Å². The standard InChI is InChI=1S/C74H131N2O6P/c1-6-8-10-12-14-16-18-20-22-24-26-28-29-30-31-32-33-34-35-36-37-38-39-40-41-42-43-44-45-46-47-48-50-52-54-56-58-60-62-64-66-68-74(78)75-72(71-82-83(79,80)81-70-69-76(3,4)5)73(77)67-65-63-61-59-57-55-53-51-49-27-25-23-21-19-17-15-13-11-9-7-2/h8,10,14,16,20,22,26,28,30-31,33-34,36-37,39-40,42-43,45-46,72-73,77H,6-7,9,11-13,15,17-19,21,23-25,27,29,32,35,38,41,44,47-71H2,1-5H3,(H-,75,78,79,80)/p+1/b10-8-,16-14-,22-20-,28-26-,31-30-,34-33-,37-36-,40-39-,43-42-,46-45-. The molecule has 478 valence electrons. The molecule has 0 saturated heterocycles. The molecule has 0 aromatic carbocycles. The van der Waals surface area contributed by atoms with Gasteiger partial charge in [0.2, 0.25) is 5.91 Å². The van der Waals surface area contributed by atoms with Gasteiger partial charge in [-0.15, -0.1) is 0 Å². The SMILES string of the molecule is CC/C=C\C/C=C\C/C=C\C/C=C\C/C=C\C/C=C\C/C=C\C/C=C\C/C=C\C/C=C\CCCCCCCCCCCCC(=O)NC(COP(=O)(O)OCC[N+](C)(C)C)C(O)CCCCCCCCCCCCCCCCCCCCCC. The molecule has 3 atom stereocenters. The maximum atomic E-state index is 13.1. The van der Waals surface area contributed by atoms with Crippen LogP contribution in [0.15, 0.2) is 122 Å². The Morgan fingerprint density at radius 3 is 1.06 bits per heavy atom. The number of allylic oxidation sites excluding steroid dienone is 20. The summed E-state index contributed by atoms with van der Waals surface area (Å²) < 4.78 is 23.9. The Kier molecular flexibility index (Phi) is 61.0. The van der Waals surface area contributed by atoms with Crippen LogP contribution in [0, 0.1) is 0 Å². The Hall–Kier alpha value is -3.10.